The van der Waals surface area contributed by atoms with Crippen molar-refractivity contribution >= 4 is 29.7 Å². The second-order valence-electron chi connectivity index (χ2n) is 9.16. The molecule has 3 N–H and O–H groups in total. The predicted octanol–water partition coefficient (Wildman–Crippen LogP) is -0.290. The third kappa shape index (κ3) is 5.23. The Kier molecular flexibility index (Phi) is 7.06. The van der Waals surface area contributed by atoms with Crippen LogP contribution in [0.3, 0.4) is 0 Å². The van der Waals surface area contributed by atoms with Crippen LogP contribution in [0.5, 0.6) is 0 Å². The monoisotopic (exact) mass is 457 g/mol. The summed E-state index contributed by atoms with van der Waals surface area (Å²) in [7, 11) is 1.51. The minimum Gasteiger partial charge on any atom is -0.383 e. The van der Waals surface area contributed by atoms with E-state index in [-0.39, 0.29) is 29.9 Å². The van der Waals surface area contributed by atoms with Crippen LogP contribution in [0.1, 0.15) is 33.6 Å². The number of nitrogens with zero attached hydrogens (tertiary/aromatic N) is 2. The van der Waals surface area contributed by atoms with Gasteiger partial charge in [-0.15, -0.1) is 0 Å². The summed E-state index contributed by atoms with van der Waals surface area (Å²) in [5.41, 5.74) is 1.66. The number of hydrogen-bond donors (Lipinski definition) is 3. The number of likely N-dealkylation sites (tertiary alicyclic amines) is 1. The smallest absolute Gasteiger partial charge is 0.255 e. The molecule has 10 nitrogen and oxygen atoms in total. The van der Waals surface area contributed by atoms with Gasteiger partial charge in [-0.1, -0.05) is 0 Å². The van der Waals surface area contributed by atoms with Gasteiger partial charge in [0.05, 0.1) is 18.8 Å². The average molecular weight is 458 g/mol. The predicted molar refractivity (Wildman–Crippen MR) is 121 cm³/mol. The van der Waals surface area contributed by atoms with Crippen molar-refractivity contribution in [3.63, 3.8) is 0 Å². The van der Waals surface area contributed by atoms with Gasteiger partial charge in [0.2, 0.25) is 11.8 Å². The molecule has 10 heteroatoms. The molecule has 0 aliphatic carbocycles. The van der Waals surface area contributed by atoms with Crippen LogP contribution in [-0.2, 0) is 14.3 Å². The normalized spacial score (nSPS) is 21.7. The van der Waals surface area contributed by atoms with Crippen LogP contribution in [-0.4, -0.2) is 99.4 Å². The second-order valence-corrected chi connectivity index (χ2v) is 9.16. The third-order valence-electron chi connectivity index (χ3n) is 6.65. The number of carbonyl (C=O) groups excluding carboxylic acids is 4. The van der Waals surface area contributed by atoms with Crippen LogP contribution in [0.25, 0.3) is 0 Å². The number of aldehydes is 1. The molecule has 3 fully saturated rings. The molecule has 3 aliphatic rings. The Morgan fingerprint density at radius 1 is 1.30 bits per heavy atom. The fourth-order valence-electron chi connectivity index (χ4n) is 4.66. The summed E-state index contributed by atoms with van der Waals surface area (Å²) in [6.45, 7) is 7.25. The lowest BCUT2D eigenvalue weighted by atomic mass is 9.74. The van der Waals surface area contributed by atoms with E-state index in [9.17, 15) is 19.2 Å². The standard InChI is InChI=1S/C23H31N5O5/c1-27(19-4-5-20(30)26-21(19)31)22(32)18-10-17(3-2-16(18)11-29)25-6-8-33-9-7-28-14-23(15-28)12-24-13-23/h2-3,10-11,19,24-25H,4-9,12-15H2,1H3,(H,26,30,31). The summed E-state index contributed by atoms with van der Waals surface area (Å²) in [5, 5.41) is 8.80. The van der Waals surface area contributed by atoms with Crippen molar-refractivity contribution in [2.24, 2.45) is 5.41 Å². The van der Waals surface area contributed by atoms with Crippen LogP contribution in [0, 0.1) is 5.41 Å². The molecule has 3 amide bonds. The third-order valence-corrected chi connectivity index (χ3v) is 6.65. The minimum absolute atomic E-state index is 0.173. The molecule has 1 atom stereocenters. The molecule has 178 valence electrons. The van der Waals surface area contributed by atoms with Gasteiger partial charge in [-0.05, 0) is 24.6 Å². The Morgan fingerprint density at radius 3 is 2.76 bits per heavy atom. The van der Waals surface area contributed by atoms with Crippen LogP contribution in [0.15, 0.2) is 18.2 Å². The van der Waals surface area contributed by atoms with Crippen LogP contribution in [0.4, 0.5) is 5.69 Å². The number of imide groups is 1. The maximum absolute atomic E-state index is 13.0. The molecule has 0 radical (unpaired) electrons. The highest BCUT2D eigenvalue weighted by atomic mass is 16.5. The van der Waals surface area contributed by atoms with Gasteiger partial charge in [-0.3, -0.25) is 29.4 Å². The summed E-state index contributed by atoms with van der Waals surface area (Å²) in [6, 6.07) is 4.18. The van der Waals surface area contributed by atoms with Crippen molar-refractivity contribution in [3.05, 3.63) is 29.3 Å². The number of nitrogens with one attached hydrogen (secondary N) is 3. The molecule has 0 bridgehead atoms. The number of anilines is 1. The molecule has 1 unspecified atom stereocenters. The average Bonchev–Trinajstić information content (AvgIpc) is 2.75. The molecule has 4 rings (SSSR count). The molecule has 0 aromatic heterocycles. The van der Waals surface area contributed by atoms with E-state index in [1.54, 1.807) is 18.2 Å². The van der Waals surface area contributed by atoms with Crippen molar-refractivity contribution < 1.29 is 23.9 Å². The van der Waals surface area contributed by atoms with E-state index >= 15 is 0 Å². The van der Waals surface area contributed by atoms with E-state index in [1.165, 1.54) is 11.9 Å². The van der Waals surface area contributed by atoms with Gasteiger partial charge in [0.1, 0.15) is 6.04 Å². The zero-order valence-corrected chi connectivity index (χ0v) is 18.9. The Bertz CT molecular complexity index is 924. The molecule has 1 spiro atoms. The van der Waals surface area contributed by atoms with E-state index in [0.29, 0.717) is 37.1 Å². The summed E-state index contributed by atoms with van der Waals surface area (Å²) < 4.78 is 5.72. The number of benzene rings is 1. The molecule has 0 saturated carbocycles. The van der Waals surface area contributed by atoms with Crippen LogP contribution >= 0.6 is 0 Å². The number of rotatable bonds is 10. The molecule has 33 heavy (non-hydrogen) atoms. The van der Waals surface area contributed by atoms with Crippen LogP contribution < -0.4 is 16.0 Å². The fraction of sp³-hybridized carbons (Fsp3) is 0.565. The number of amides is 3. The Morgan fingerprint density at radius 2 is 2.09 bits per heavy atom. The molecule has 1 aromatic rings. The zero-order valence-electron chi connectivity index (χ0n) is 18.9. The highest BCUT2D eigenvalue weighted by molar-refractivity contribution is 6.06. The molecule has 3 heterocycles. The number of piperidine rings is 1. The highest BCUT2D eigenvalue weighted by Crippen LogP contribution is 2.33. The first-order chi connectivity index (χ1) is 15.9. The van der Waals surface area contributed by atoms with Crippen molar-refractivity contribution in [1.82, 2.24) is 20.4 Å². The molecule has 1 aromatic carbocycles. The molecular formula is C23H31N5O5. The minimum atomic E-state index is -0.749. The lowest BCUT2D eigenvalue weighted by Gasteiger charge is -2.56. The number of likely N-dealkylation sites (N-methyl/N-ethyl adjacent to an activating group) is 1. The van der Waals surface area contributed by atoms with Crippen LogP contribution in [0.2, 0.25) is 0 Å². The summed E-state index contributed by atoms with van der Waals surface area (Å²) >= 11 is 0. The van der Waals surface area contributed by atoms with Gasteiger partial charge in [0.15, 0.2) is 6.29 Å². The second kappa shape index (κ2) is 9.98. The first-order valence-corrected chi connectivity index (χ1v) is 11.4. The Hall–Kier alpha value is -2.82. The fourth-order valence-corrected chi connectivity index (χ4v) is 4.66. The van der Waals surface area contributed by atoms with E-state index in [4.69, 9.17) is 4.74 Å². The lowest BCUT2D eigenvalue weighted by molar-refractivity contribution is -0.136. The topological polar surface area (TPSA) is 120 Å². The van der Waals surface area contributed by atoms with Crippen molar-refractivity contribution in [2.75, 3.05) is 64.8 Å². The van der Waals surface area contributed by atoms with Crippen molar-refractivity contribution in [2.45, 2.75) is 18.9 Å². The molecule has 3 saturated heterocycles. The first-order valence-electron chi connectivity index (χ1n) is 11.4. The van der Waals surface area contributed by atoms with Gasteiger partial charge < -0.3 is 20.3 Å². The molecular weight excluding hydrogens is 426 g/mol. The van der Waals surface area contributed by atoms with E-state index in [0.717, 1.165) is 32.7 Å². The first kappa shape index (κ1) is 23.3. The number of carbonyl (C=O) groups is 4. The zero-order chi connectivity index (χ0) is 23.4. The number of hydrogen-bond acceptors (Lipinski definition) is 8. The van der Waals surface area contributed by atoms with Gasteiger partial charge >= 0.3 is 0 Å². The lowest BCUT2D eigenvalue weighted by Crippen LogP contribution is -2.71. The largest absolute Gasteiger partial charge is 0.383 e. The van der Waals surface area contributed by atoms with Crippen molar-refractivity contribution in [3.8, 4) is 0 Å². The van der Waals surface area contributed by atoms with E-state index < -0.39 is 17.9 Å². The summed E-state index contributed by atoms with van der Waals surface area (Å²) in [4.78, 5) is 51.7. The summed E-state index contributed by atoms with van der Waals surface area (Å²) in [6.07, 6.45) is 1.05. The molecule has 3 aliphatic heterocycles. The number of ether oxygens (including phenoxy) is 1. The van der Waals surface area contributed by atoms with Gasteiger partial charge in [0, 0.05) is 69.4 Å². The van der Waals surface area contributed by atoms with Crippen molar-refractivity contribution in [1.29, 1.82) is 0 Å². The summed E-state index contributed by atoms with van der Waals surface area (Å²) in [5.74, 6) is -1.29. The van der Waals surface area contributed by atoms with Gasteiger partial charge in [-0.25, -0.2) is 0 Å². The Labute approximate surface area is 193 Å². The highest BCUT2D eigenvalue weighted by Gasteiger charge is 2.46. The maximum Gasteiger partial charge on any atom is 0.255 e. The van der Waals surface area contributed by atoms with Gasteiger partial charge in [-0.2, -0.15) is 0 Å². The maximum atomic E-state index is 13.0. The SMILES string of the molecule is CN(C(=O)c1cc(NCCOCCN2CC3(CNC3)C2)ccc1C=O)C1CCC(=O)NC1=O. The van der Waals surface area contributed by atoms with Gasteiger partial charge in [0.25, 0.3) is 5.91 Å². The van der Waals surface area contributed by atoms with E-state index in [2.05, 4.69) is 20.9 Å². The Balaban J connectivity index is 1.24. The van der Waals surface area contributed by atoms with E-state index in [1.807, 2.05) is 0 Å². The quantitative estimate of drug-likeness (QED) is 0.249.